The van der Waals surface area contributed by atoms with Crippen LogP contribution in [0.25, 0.3) is 11.0 Å². The molecule has 0 saturated heterocycles. The van der Waals surface area contributed by atoms with Crippen molar-refractivity contribution in [1.29, 1.82) is 0 Å². The second-order valence-electron chi connectivity index (χ2n) is 6.21. The molecule has 0 unspecified atom stereocenters. The van der Waals surface area contributed by atoms with E-state index in [9.17, 15) is 4.79 Å². The second-order valence-corrected chi connectivity index (χ2v) is 6.21. The number of carbonyl (C=O) groups is 1. The largest absolute Gasteiger partial charge is 0.412 e. The summed E-state index contributed by atoms with van der Waals surface area (Å²) in [5.74, 6) is 0.946. The van der Waals surface area contributed by atoms with E-state index in [1.807, 2.05) is 38.1 Å². The van der Waals surface area contributed by atoms with Crippen molar-refractivity contribution in [1.82, 2.24) is 15.0 Å². The number of rotatable bonds is 2. The number of hydrogen-bond acceptors (Lipinski definition) is 3. The van der Waals surface area contributed by atoms with Crippen LogP contribution >= 0.6 is 0 Å². The zero-order chi connectivity index (χ0) is 15.3. The van der Waals surface area contributed by atoms with Gasteiger partial charge >= 0.3 is 0 Å². The molecule has 1 amide bonds. The average Bonchev–Trinajstić information content (AvgIpc) is 2.97. The summed E-state index contributed by atoms with van der Waals surface area (Å²) >= 11 is 0. The summed E-state index contributed by atoms with van der Waals surface area (Å²) in [6.07, 6.45) is 4.30. The Hall–Kier alpha value is -2.73. The molecule has 23 heavy (non-hydrogen) atoms. The molecule has 0 aliphatic carbocycles. The predicted molar refractivity (Wildman–Crippen MR) is 88.4 cm³/mol. The highest BCUT2D eigenvalue weighted by Gasteiger charge is 2.38. The number of aromatic nitrogens is 3. The molecule has 0 atom stereocenters. The number of carbonyl (C=O) groups excluding carboxylic acids is 1. The SMILES string of the molecule is CC1(C)C(=O)Nc2cc3nc(Cc4ccncc4)[nH]c3cc21.O. The minimum absolute atomic E-state index is 0. The van der Waals surface area contributed by atoms with E-state index in [1.54, 1.807) is 12.4 Å². The Kier molecular flexibility index (Phi) is 3.41. The van der Waals surface area contributed by atoms with Crippen LogP contribution in [0.2, 0.25) is 0 Å². The zero-order valence-corrected chi connectivity index (χ0v) is 13.0. The van der Waals surface area contributed by atoms with Gasteiger partial charge in [0.1, 0.15) is 5.82 Å². The predicted octanol–water partition coefficient (Wildman–Crippen LogP) is 1.95. The summed E-state index contributed by atoms with van der Waals surface area (Å²) in [5.41, 5.74) is 4.39. The first-order valence-corrected chi connectivity index (χ1v) is 7.27. The number of fused-ring (bicyclic) bond motifs is 2. The van der Waals surface area contributed by atoms with Gasteiger partial charge in [0, 0.05) is 24.5 Å². The Morgan fingerprint density at radius 2 is 1.91 bits per heavy atom. The van der Waals surface area contributed by atoms with Crippen molar-refractivity contribution in [2.24, 2.45) is 0 Å². The molecule has 1 aliphatic heterocycles. The number of imidazole rings is 1. The molecule has 6 nitrogen and oxygen atoms in total. The van der Waals surface area contributed by atoms with E-state index in [-0.39, 0.29) is 11.4 Å². The Bertz CT molecular complexity index is 884. The number of H-pyrrole nitrogens is 1. The highest BCUT2D eigenvalue weighted by Crippen LogP contribution is 2.39. The Morgan fingerprint density at radius 1 is 1.17 bits per heavy atom. The molecule has 2 aromatic heterocycles. The molecule has 1 aromatic carbocycles. The number of hydrogen-bond donors (Lipinski definition) is 2. The van der Waals surface area contributed by atoms with Gasteiger partial charge in [-0.3, -0.25) is 9.78 Å². The third-order valence-electron chi connectivity index (χ3n) is 4.28. The molecule has 0 fully saturated rings. The molecule has 4 rings (SSSR count). The van der Waals surface area contributed by atoms with Gasteiger partial charge in [-0.1, -0.05) is 0 Å². The Balaban J connectivity index is 0.00000156. The maximum atomic E-state index is 12.0. The van der Waals surface area contributed by atoms with Gasteiger partial charge in [-0.15, -0.1) is 0 Å². The first kappa shape index (κ1) is 15.2. The lowest BCUT2D eigenvalue weighted by molar-refractivity contribution is -0.119. The van der Waals surface area contributed by atoms with Crippen molar-refractivity contribution < 1.29 is 10.3 Å². The molecular weight excluding hydrogens is 292 g/mol. The van der Waals surface area contributed by atoms with Crippen LogP contribution in [-0.2, 0) is 16.6 Å². The number of nitrogens with one attached hydrogen (secondary N) is 2. The van der Waals surface area contributed by atoms with Crippen LogP contribution < -0.4 is 5.32 Å². The molecule has 4 N–H and O–H groups in total. The lowest BCUT2D eigenvalue weighted by Crippen LogP contribution is -2.26. The third-order valence-corrected chi connectivity index (χ3v) is 4.28. The monoisotopic (exact) mass is 310 g/mol. The molecule has 3 heterocycles. The highest BCUT2D eigenvalue weighted by molar-refractivity contribution is 6.07. The second kappa shape index (κ2) is 5.17. The minimum Gasteiger partial charge on any atom is -0.412 e. The molecular formula is C17H18N4O2. The van der Waals surface area contributed by atoms with Crippen molar-refractivity contribution in [3.63, 3.8) is 0 Å². The molecule has 0 spiro atoms. The van der Waals surface area contributed by atoms with E-state index in [0.717, 1.165) is 40.1 Å². The van der Waals surface area contributed by atoms with E-state index >= 15 is 0 Å². The molecule has 0 saturated carbocycles. The number of anilines is 1. The van der Waals surface area contributed by atoms with Crippen molar-refractivity contribution in [3.8, 4) is 0 Å². The Labute approximate surface area is 133 Å². The normalized spacial score (nSPS) is 15.1. The summed E-state index contributed by atoms with van der Waals surface area (Å²) in [6.45, 7) is 3.88. The highest BCUT2D eigenvalue weighted by atomic mass is 16.2. The van der Waals surface area contributed by atoms with Gasteiger partial charge in [-0.2, -0.15) is 0 Å². The van der Waals surface area contributed by atoms with E-state index in [4.69, 9.17) is 0 Å². The van der Waals surface area contributed by atoms with Gasteiger partial charge in [0.2, 0.25) is 5.91 Å². The van der Waals surface area contributed by atoms with E-state index in [2.05, 4.69) is 20.3 Å². The van der Waals surface area contributed by atoms with Crippen LogP contribution in [0.3, 0.4) is 0 Å². The van der Waals surface area contributed by atoms with Gasteiger partial charge in [0.15, 0.2) is 0 Å². The van der Waals surface area contributed by atoms with Crippen LogP contribution in [0.5, 0.6) is 0 Å². The van der Waals surface area contributed by atoms with Gasteiger partial charge in [0.05, 0.1) is 16.4 Å². The fraction of sp³-hybridized carbons (Fsp3) is 0.235. The lowest BCUT2D eigenvalue weighted by atomic mass is 9.86. The maximum Gasteiger partial charge on any atom is 0.234 e. The summed E-state index contributed by atoms with van der Waals surface area (Å²) < 4.78 is 0. The van der Waals surface area contributed by atoms with Crippen LogP contribution in [0.15, 0.2) is 36.7 Å². The summed E-state index contributed by atoms with van der Waals surface area (Å²) in [7, 11) is 0. The molecule has 1 aliphatic rings. The fourth-order valence-corrected chi connectivity index (χ4v) is 2.91. The maximum absolute atomic E-state index is 12.0. The van der Waals surface area contributed by atoms with Crippen LogP contribution in [-0.4, -0.2) is 26.3 Å². The zero-order valence-electron chi connectivity index (χ0n) is 13.0. The molecule has 0 bridgehead atoms. The number of pyridine rings is 1. The van der Waals surface area contributed by atoms with Gasteiger partial charge in [0.25, 0.3) is 0 Å². The summed E-state index contributed by atoms with van der Waals surface area (Å²) in [4.78, 5) is 24.0. The molecule has 6 heteroatoms. The summed E-state index contributed by atoms with van der Waals surface area (Å²) in [5, 5.41) is 2.94. The number of nitrogens with zero attached hydrogens (tertiary/aromatic N) is 2. The van der Waals surface area contributed by atoms with Crippen molar-refractivity contribution in [3.05, 3.63) is 53.6 Å². The van der Waals surface area contributed by atoms with Crippen LogP contribution in [0, 0.1) is 0 Å². The molecule has 3 aromatic rings. The van der Waals surface area contributed by atoms with Gasteiger partial charge in [-0.05, 0) is 49.2 Å². The first-order valence-electron chi connectivity index (χ1n) is 7.27. The van der Waals surface area contributed by atoms with Crippen molar-refractivity contribution in [2.75, 3.05) is 5.32 Å². The fourth-order valence-electron chi connectivity index (χ4n) is 2.91. The van der Waals surface area contributed by atoms with Gasteiger partial charge < -0.3 is 15.8 Å². The summed E-state index contributed by atoms with van der Waals surface area (Å²) in [6, 6.07) is 7.95. The number of benzene rings is 1. The number of amides is 1. The standard InChI is InChI=1S/C17H16N4O.H2O/c1-17(2)11-8-13-14(9-12(11)21-16(17)22)20-15(19-13)7-10-3-5-18-6-4-10;/h3-6,8-9H,7H2,1-2H3,(H,19,20)(H,21,22);1H2. The number of aromatic amines is 1. The lowest BCUT2D eigenvalue weighted by Gasteiger charge is -2.14. The van der Waals surface area contributed by atoms with E-state index in [0.29, 0.717) is 0 Å². The van der Waals surface area contributed by atoms with E-state index in [1.165, 1.54) is 0 Å². The average molecular weight is 310 g/mol. The first-order chi connectivity index (χ1) is 10.5. The topological polar surface area (TPSA) is 102 Å². The third kappa shape index (κ3) is 2.37. The molecule has 118 valence electrons. The minimum atomic E-state index is -0.500. The van der Waals surface area contributed by atoms with E-state index < -0.39 is 5.41 Å². The quantitative estimate of drug-likeness (QED) is 0.756. The van der Waals surface area contributed by atoms with Crippen molar-refractivity contribution in [2.45, 2.75) is 25.7 Å². The Morgan fingerprint density at radius 3 is 2.65 bits per heavy atom. The van der Waals surface area contributed by atoms with Crippen LogP contribution in [0.1, 0.15) is 30.8 Å². The van der Waals surface area contributed by atoms with Gasteiger partial charge in [-0.25, -0.2) is 4.98 Å². The van der Waals surface area contributed by atoms with Crippen molar-refractivity contribution >= 4 is 22.6 Å². The van der Waals surface area contributed by atoms with Crippen LogP contribution in [0.4, 0.5) is 5.69 Å². The smallest absolute Gasteiger partial charge is 0.234 e. The molecule has 0 radical (unpaired) electrons.